The lowest BCUT2D eigenvalue weighted by Crippen LogP contribution is -2.40. The van der Waals surface area contributed by atoms with Gasteiger partial charge in [-0.05, 0) is 97.8 Å². The van der Waals surface area contributed by atoms with Crippen LogP contribution in [0.25, 0.3) is 32.9 Å². The quantitative estimate of drug-likeness (QED) is 0.0307. The third kappa shape index (κ3) is 21.0. The number of ether oxygens (including phenoxy) is 4. The number of hydrogen-bond acceptors (Lipinski definition) is 17. The van der Waals surface area contributed by atoms with Crippen LogP contribution in [0.3, 0.4) is 0 Å². The fraction of sp³-hybridized carbons (Fsp3) is 0.333. The summed E-state index contributed by atoms with van der Waals surface area (Å²) < 4.78 is 51.9. The molecule has 26 heteroatoms. The maximum Gasteiger partial charge on any atom is 0.324 e. The van der Waals surface area contributed by atoms with E-state index in [0.717, 1.165) is 105 Å². The Labute approximate surface area is 610 Å². The molecule has 6 aromatic carbocycles. The summed E-state index contributed by atoms with van der Waals surface area (Å²) in [5.41, 5.74) is 8.05. The maximum absolute atomic E-state index is 13.4. The second-order valence-electron chi connectivity index (χ2n) is 27.6. The first-order valence-corrected chi connectivity index (χ1v) is 37.6. The number of aryl methyl sites for hydroxylation is 2. The largest absolute Gasteiger partial charge is 0.488 e. The summed E-state index contributed by atoms with van der Waals surface area (Å²) in [5.74, 6) is 2.88. The van der Waals surface area contributed by atoms with Crippen LogP contribution >= 0.6 is 11.8 Å². The Morgan fingerprint density at radius 2 is 0.923 bits per heavy atom. The minimum Gasteiger partial charge on any atom is -0.488 e. The van der Waals surface area contributed by atoms with Crippen LogP contribution in [-0.2, 0) is 52.9 Å². The van der Waals surface area contributed by atoms with Crippen molar-refractivity contribution >= 4 is 102 Å². The monoisotopic (exact) mass is 1450 g/mol. The minimum absolute atomic E-state index is 0.0834. The topological polar surface area (TPSA) is 279 Å². The van der Waals surface area contributed by atoms with E-state index in [1.807, 2.05) is 152 Å². The maximum atomic E-state index is 13.4. The number of nitrogens with one attached hydrogen (secondary N) is 6. The number of carbonyl (C=O) groups is 4. The standard InChI is InChI=1S/C39H45N7O6S.C39H45N7O4S/c1-27-9-11-29(12-10-27)46-36(24-34(44-46)39(2,3)4)43-38(48)41-32-13-14-33(31-8-6-5-7-30(31)32)52-25-28-15-16-40-35(23-28)42-37(47)26-53(49,50)22-19-45-17-20-51-21-18-45;1-27-9-11-29(12-10-27)46-36(24-34(44-46)39(2,3)4)43-38(48)41-32-13-14-33(31-8-6-5-7-30(31)32)50-25-28-15-16-40-35(23-28)42-37(47)26-51-22-19-45-17-20-49-21-18-45/h5-16,23-24H,17-22,25-26H2,1-4H3,(H,40,42,47)(H2,41,43,48);5-16,23-24H,17-22,25-26H2,1-4H3,(H,40,42,47)(H2,41,43,48). The average Bonchev–Trinajstić information content (AvgIpc) is 1.12. The molecule has 2 saturated heterocycles. The zero-order valence-corrected chi connectivity index (χ0v) is 61.6. The van der Waals surface area contributed by atoms with E-state index >= 15 is 0 Å². The number of carbonyl (C=O) groups excluding carboxylic acids is 4. The van der Waals surface area contributed by atoms with Gasteiger partial charge in [-0.25, -0.2) is 37.3 Å². The van der Waals surface area contributed by atoms with Crippen LogP contribution in [0.2, 0.25) is 0 Å². The summed E-state index contributed by atoms with van der Waals surface area (Å²) in [6.07, 6.45) is 3.19. The van der Waals surface area contributed by atoms with Crippen molar-refractivity contribution in [1.82, 2.24) is 39.3 Å². The fourth-order valence-electron chi connectivity index (χ4n) is 11.5. The van der Waals surface area contributed by atoms with Crippen molar-refractivity contribution in [2.45, 2.75) is 79.4 Å². The highest BCUT2D eigenvalue weighted by molar-refractivity contribution is 8.00. The number of rotatable bonds is 24. The first-order valence-electron chi connectivity index (χ1n) is 34.6. The second kappa shape index (κ2) is 34.4. The number of amides is 6. The Morgan fingerprint density at radius 1 is 0.500 bits per heavy atom. The molecule has 2 fully saturated rings. The molecule has 544 valence electrons. The van der Waals surface area contributed by atoms with Gasteiger partial charge in [-0.15, -0.1) is 0 Å². The number of morpholine rings is 2. The number of pyridine rings is 2. The molecule has 0 bridgehead atoms. The summed E-state index contributed by atoms with van der Waals surface area (Å²) in [7, 11) is -3.61. The molecule has 10 aromatic rings. The van der Waals surface area contributed by atoms with Crippen LogP contribution in [0, 0.1) is 13.8 Å². The molecule has 0 atom stereocenters. The van der Waals surface area contributed by atoms with Crippen molar-refractivity contribution in [3.63, 3.8) is 0 Å². The zero-order chi connectivity index (χ0) is 73.4. The van der Waals surface area contributed by atoms with Gasteiger partial charge in [0.15, 0.2) is 9.84 Å². The number of anilines is 6. The summed E-state index contributed by atoms with van der Waals surface area (Å²) >= 11 is 1.61. The molecule has 2 aliphatic rings. The van der Waals surface area contributed by atoms with Gasteiger partial charge in [0.25, 0.3) is 0 Å². The van der Waals surface area contributed by atoms with Crippen molar-refractivity contribution in [2.75, 3.05) is 121 Å². The molecule has 0 radical (unpaired) electrons. The average molecular weight is 1450 g/mol. The van der Waals surface area contributed by atoms with Gasteiger partial charge >= 0.3 is 12.1 Å². The van der Waals surface area contributed by atoms with Crippen LogP contribution < -0.4 is 41.4 Å². The highest BCUT2D eigenvalue weighted by Crippen LogP contribution is 2.36. The molecule has 4 aromatic heterocycles. The summed E-state index contributed by atoms with van der Waals surface area (Å²) in [6, 6.07) is 48.7. The normalized spacial score (nSPS) is 13.7. The summed E-state index contributed by atoms with van der Waals surface area (Å²) in [4.78, 5) is 64.9. The molecule has 0 spiro atoms. The number of sulfone groups is 1. The molecule has 6 amide bonds. The van der Waals surface area contributed by atoms with E-state index in [2.05, 4.69) is 88.3 Å². The van der Waals surface area contributed by atoms with Crippen LogP contribution in [-0.4, -0.2) is 160 Å². The molecule has 24 nitrogen and oxygen atoms in total. The third-order valence-corrected chi connectivity index (χ3v) is 19.7. The van der Waals surface area contributed by atoms with Crippen LogP contribution in [0.4, 0.5) is 44.2 Å². The molecule has 0 unspecified atom stereocenters. The Morgan fingerprint density at radius 3 is 1.37 bits per heavy atom. The van der Waals surface area contributed by atoms with Crippen LogP contribution in [0.5, 0.6) is 11.5 Å². The van der Waals surface area contributed by atoms with E-state index in [4.69, 9.17) is 29.1 Å². The Balaban J connectivity index is 0.000000208. The molecular formula is C78H90N14O10S2. The molecule has 12 rings (SSSR count). The highest BCUT2D eigenvalue weighted by atomic mass is 32.2. The lowest BCUT2D eigenvalue weighted by atomic mass is 9.92. The predicted molar refractivity (Wildman–Crippen MR) is 412 cm³/mol. The van der Waals surface area contributed by atoms with Gasteiger partial charge < -0.3 is 40.2 Å². The van der Waals surface area contributed by atoms with Crippen molar-refractivity contribution in [3.8, 4) is 22.9 Å². The summed E-state index contributed by atoms with van der Waals surface area (Å²) in [6.45, 7) is 24.2. The van der Waals surface area contributed by atoms with E-state index in [9.17, 15) is 27.6 Å². The van der Waals surface area contributed by atoms with E-state index < -0.39 is 27.5 Å². The van der Waals surface area contributed by atoms with Gasteiger partial charge in [0.2, 0.25) is 11.8 Å². The number of thioether (sulfide) groups is 1. The summed E-state index contributed by atoms with van der Waals surface area (Å²) in [5, 5.41) is 30.4. The van der Waals surface area contributed by atoms with Crippen LogP contribution in [0.15, 0.2) is 170 Å². The van der Waals surface area contributed by atoms with Crippen molar-refractivity contribution < 1.29 is 46.5 Å². The molecular weight excluding hydrogens is 1360 g/mol. The number of aromatic nitrogens is 6. The van der Waals surface area contributed by atoms with Crippen molar-refractivity contribution in [2.24, 2.45) is 0 Å². The van der Waals surface area contributed by atoms with Gasteiger partial charge in [-0.3, -0.25) is 30.0 Å². The number of urea groups is 2. The number of benzene rings is 6. The van der Waals surface area contributed by atoms with Gasteiger partial charge in [-0.2, -0.15) is 22.0 Å². The van der Waals surface area contributed by atoms with E-state index in [-0.39, 0.29) is 47.6 Å². The molecule has 2 aliphatic heterocycles. The molecule has 104 heavy (non-hydrogen) atoms. The number of hydrogen-bond donors (Lipinski definition) is 6. The molecule has 6 N–H and O–H groups in total. The van der Waals surface area contributed by atoms with Gasteiger partial charge in [0, 0.05) is 102 Å². The van der Waals surface area contributed by atoms with Crippen molar-refractivity contribution in [3.05, 3.63) is 204 Å². The number of fused-ring (bicyclic) bond motifs is 2. The molecule has 6 heterocycles. The Bertz CT molecular complexity index is 4750. The van der Waals surface area contributed by atoms with Crippen molar-refractivity contribution in [1.29, 1.82) is 0 Å². The Kier molecular flexibility index (Phi) is 24.8. The Hall–Kier alpha value is -10.2. The zero-order valence-electron chi connectivity index (χ0n) is 60.0. The van der Waals surface area contributed by atoms with E-state index in [1.54, 1.807) is 51.6 Å². The number of nitrogens with zero attached hydrogens (tertiary/aromatic N) is 8. The highest BCUT2D eigenvalue weighted by Gasteiger charge is 2.26. The minimum atomic E-state index is -3.61. The molecule has 0 saturated carbocycles. The first kappa shape index (κ1) is 75.0. The smallest absolute Gasteiger partial charge is 0.324 e. The first-order chi connectivity index (χ1) is 49.9. The van der Waals surface area contributed by atoms with Gasteiger partial charge in [0.05, 0.1) is 72.1 Å². The third-order valence-electron chi connectivity index (χ3n) is 17.3. The van der Waals surface area contributed by atoms with Gasteiger partial charge in [0.1, 0.15) is 53.7 Å². The van der Waals surface area contributed by atoms with E-state index in [1.165, 1.54) is 6.20 Å². The van der Waals surface area contributed by atoms with E-state index in [0.29, 0.717) is 78.9 Å². The fourth-order valence-corrected chi connectivity index (χ4v) is 13.4. The van der Waals surface area contributed by atoms with Crippen LogP contribution in [0.1, 0.15) is 75.2 Å². The second-order valence-corrected chi connectivity index (χ2v) is 30.9. The lowest BCUT2D eigenvalue weighted by Gasteiger charge is -2.26. The van der Waals surface area contributed by atoms with Gasteiger partial charge in [-0.1, -0.05) is 125 Å². The SMILES string of the molecule is Cc1ccc(-n2nc(C(C)(C)C)cc2NC(=O)Nc2ccc(OCc3ccnc(NC(=O)CS(=O)(=O)CCN4CCOCC4)c3)c3ccccc23)cc1.Cc1ccc(-n2nc(C(C)(C)C)cc2NC(=O)Nc2ccc(OCc3ccnc(NC(=O)CSCCN4CCOCC4)c3)c3ccccc23)cc1. The predicted octanol–water partition coefficient (Wildman–Crippen LogP) is 13.2. The lowest BCUT2D eigenvalue weighted by molar-refractivity contribution is -0.114. The molecule has 0 aliphatic carbocycles.